The molecule has 1 aromatic carbocycles. The molecule has 0 radical (unpaired) electrons. The number of benzene rings is 1. The van der Waals surface area contributed by atoms with Crippen molar-refractivity contribution in [2.45, 2.75) is 25.8 Å². The van der Waals surface area contributed by atoms with Gasteiger partial charge in [0.05, 0.1) is 13.2 Å². The summed E-state index contributed by atoms with van der Waals surface area (Å²) in [4.78, 5) is 6.65. The van der Waals surface area contributed by atoms with Gasteiger partial charge in [-0.3, -0.25) is 9.89 Å². The number of aliphatic imine (C=N–C) groups is 1. The second-order valence-electron chi connectivity index (χ2n) is 6.71. The highest BCUT2D eigenvalue weighted by atomic mass is 127. The first-order chi connectivity index (χ1) is 11.9. The van der Waals surface area contributed by atoms with E-state index in [2.05, 4.69) is 34.4 Å². The van der Waals surface area contributed by atoms with Crippen molar-refractivity contribution in [1.29, 1.82) is 0 Å². The number of guanidine groups is 1. The smallest absolute Gasteiger partial charge is 0.191 e. The predicted molar refractivity (Wildman–Crippen MR) is 116 cm³/mol. The summed E-state index contributed by atoms with van der Waals surface area (Å²) in [6.45, 7) is 9.15. The van der Waals surface area contributed by atoms with E-state index in [0.717, 1.165) is 32.8 Å². The minimum atomic E-state index is -0.273. The van der Waals surface area contributed by atoms with E-state index in [4.69, 9.17) is 16.3 Å². The SMILES string of the molecule is CN=C(NCCc1c(F)cccc1Cl)NCC(C)(C)N1CCOCC1.I. The van der Waals surface area contributed by atoms with E-state index in [1.54, 1.807) is 19.2 Å². The van der Waals surface area contributed by atoms with Gasteiger partial charge in [0.2, 0.25) is 0 Å². The molecule has 1 fully saturated rings. The highest BCUT2D eigenvalue weighted by Gasteiger charge is 2.28. The van der Waals surface area contributed by atoms with Crippen molar-refractivity contribution in [3.05, 3.63) is 34.6 Å². The molecule has 5 nitrogen and oxygen atoms in total. The molecule has 2 N–H and O–H groups in total. The highest BCUT2D eigenvalue weighted by Crippen LogP contribution is 2.19. The molecule has 0 aromatic heterocycles. The van der Waals surface area contributed by atoms with Gasteiger partial charge in [-0.25, -0.2) is 4.39 Å². The molecule has 0 spiro atoms. The van der Waals surface area contributed by atoms with Crippen LogP contribution in [0.2, 0.25) is 5.02 Å². The Morgan fingerprint density at radius 3 is 2.62 bits per heavy atom. The third kappa shape index (κ3) is 6.83. The lowest BCUT2D eigenvalue weighted by molar-refractivity contribution is -0.00833. The monoisotopic (exact) mass is 498 g/mol. The van der Waals surface area contributed by atoms with Gasteiger partial charge in [0.1, 0.15) is 5.82 Å². The first-order valence-electron chi connectivity index (χ1n) is 8.64. The standard InChI is InChI=1S/C18H28ClFN4O.HI/c1-18(2,24-9-11-25-12-10-24)13-23-17(21-3)22-8-7-14-15(19)5-4-6-16(14)20;/h4-6H,7-13H2,1-3H3,(H2,21,22,23);1H. The topological polar surface area (TPSA) is 48.9 Å². The van der Waals surface area contributed by atoms with Crippen LogP contribution in [0.5, 0.6) is 0 Å². The van der Waals surface area contributed by atoms with Crippen molar-refractivity contribution in [2.24, 2.45) is 4.99 Å². The maximum absolute atomic E-state index is 13.8. The molecule has 148 valence electrons. The van der Waals surface area contributed by atoms with Crippen molar-refractivity contribution in [3.63, 3.8) is 0 Å². The molecule has 0 amide bonds. The van der Waals surface area contributed by atoms with Gasteiger partial charge in [-0.2, -0.15) is 0 Å². The predicted octanol–water partition coefficient (Wildman–Crippen LogP) is 2.92. The molecule has 1 saturated heterocycles. The highest BCUT2D eigenvalue weighted by molar-refractivity contribution is 14.0. The molecule has 1 aromatic rings. The number of ether oxygens (including phenoxy) is 1. The molecule has 2 rings (SSSR count). The average molecular weight is 499 g/mol. The third-order valence-electron chi connectivity index (χ3n) is 4.51. The molecule has 0 unspecified atom stereocenters. The molecular formula is C18H29ClFIN4O. The molecule has 0 atom stereocenters. The van der Waals surface area contributed by atoms with Crippen LogP contribution in [0.4, 0.5) is 4.39 Å². The van der Waals surface area contributed by atoms with E-state index < -0.39 is 0 Å². The quantitative estimate of drug-likeness (QED) is 0.360. The Labute approximate surface area is 177 Å². The van der Waals surface area contributed by atoms with Crippen molar-refractivity contribution < 1.29 is 9.13 Å². The van der Waals surface area contributed by atoms with Gasteiger partial charge in [-0.05, 0) is 32.4 Å². The van der Waals surface area contributed by atoms with Crippen LogP contribution in [0, 0.1) is 5.82 Å². The second-order valence-corrected chi connectivity index (χ2v) is 7.12. The van der Waals surface area contributed by atoms with Crippen molar-refractivity contribution in [1.82, 2.24) is 15.5 Å². The summed E-state index contributed by atoms with van der Waals surface area (Å²) in [5, 5.41) is 7.03. The minimum absolute atomic E-state index is 0. The van der Waals surface area contributed by atoms with Crippen LogP contribution in [-0.4, -0.2) is 62.8 Å². The fourth-order valence-corrected chi connectivity index (χ4v) is 3.14. The van der Waals surface area contributed by atoms with E-state index in [1.165, 1.54) is 6.07 Å². The zero-order valence-electron chi connectivity index (χ0n) is 15.6. The number of hydrogen-bond acceptors (Lipinski definition) is 3. The molecule has 8 heteroatoms. The largest absolute Gasteiger partial charge is 0.379 e. The molecular weight excluding hydrogens is 470 g/mol. The van der Waals surface area contributed by atoms with Crippen LogP contribution >= 0.6 is 35.6 Å². The van der Waals surface area contributed by atoms with Gasteiger partial charge in [0.25, 0.3) is 0 Å². The first-order valence-corrected chi connectivity index (χ1v) is 9.02. The van der Waals surface area contributed by atoms with Gasteiger partial charge in [0, 0.05) is 49.4 Å². The van der Waals surface area contributed by atoms with Gasteiger partial charge in [0.15, 0.2) is 5.96 Å². The molecule has 0 saturated carbocycles. The van der Waals surface area contributed by atoms with Crippen LogP contribution in [0.1, 0.15) is 19.4 Å². The fourth-order valence-electron chi connectivity index (χ4n) is 2.88. The summed E-state index contributed by atoms with van der Waals surface area (Å²) < 4.78 is 19.2. The Morgan fingerprint density at radius 2 is 2.00 bits per heavy atom. The molecule has 26 heavy (non-hydrogen) atoms. The van der Waals surface area contributed by atoms with Crippen molar-refractivity contribution in [2.75, 3.05) is 46.4 Å². The zero-order chi connectivity index (χ0) is 18.3. The minimum Gasteiger partial charge on any atom is -0.379 e. The maximum Gasteiger partial charge on any atom is 0.191 e. The lowest BCUT2D eigenvalue weighted by atomic mass is 10.0. The summed E-state index contributed by atoms with van der Waals surface area (Å²) >= 11 is 6.06. The van der Waals surface area contributed by atoms with E-state index >= 15 is 0 Å². The summed E-state index contributed by atoms with van der Waals surface area (Å²) in [5.74, 6) is 0.430. The second kappa shape index (κ2) is 11.3. The Balaban J connectivity index is 0.00000338. The lowest BCUT2D eigenvalue weighted by Gasteiger charge is -2.41. The Hall–Kier alpha value is -0.640. The van der Waals surface area contributed by atoms with Crippen LogP contribution in [0.25, 0.3) is 0 Å². The molecule has 1 heterocycles. The van der Waals surface area contributed by atoms with Crippen LogP contribution < -0.4 is 10.6 Å². The van der Waals surface area contributed by atoms with Gasteiger partial charge >= 0.3 is 0 Å². The number of nitrogens with zero attached hydrogens (tertiary/aromatic N) is 2. The Morgan fingerprint density at radius 1 is 1.31 bits per heavy atom. The third-order valence-corrected chi connectivity index (χ3v) is 4.86. The number of rotatable bonds is 6. The molecule has 1 aliphatic heterocycles. The van der Waals surface area contributed by atoms with Gasteiger partial charge < -0.3 is 15.4 Å². The van der Waals surface area contributed by atoms with E-state index in [0.29, 0.717) is 29.5 Å². The van der Waals surface area contributed by atoms with E-state index in [1.807, 2.05) is 0 Å². The van der Waals surface area contributed by atoms with Gasteiger partial charge in [-0.15, -0.1) is 24.0 Å². The molecule has 0 aliphatic carbocycles. The first kappa shape index (κ1) is 23.4. The number of halogens is 3. The van der Waals surface area contributed by atoms with E-state index in [9.17, 15) is 4.39 Å². The number of nitrogens with one attached hydrogen (secondary N) is 2. The van der Waals surface area contributed by atoms with Crippen LogP contribution in [-0.2, 0) is 11.2 Å². The maximum atomic E-state index is 13.8. The average Bonchev–Trinajstić information content (AvgIpc) is 2.61. The fraction of sp³-hybridized carbons (Fsp3) is 0.611. The van der Waals surface area contributed by atoms with Crippen molar-refractivity contribution >= 4 is 41.5 Å². The van der Waals surface area contributed by atoms with Gasteiger partial charge in [-0.1, -0.05) is 17.7 Å². The van der Waals surface area contributed by atoms with Crippen LogP contribution in [0.15, 0.2) is 23.2 Å². The summed E-state index contributed by atoms with van der Waals surface area (Å²) in [7, 11) is 1.73. The Bertz CT molecular complexity index is 574. The van der Waals surface area contributed by atoms with E-state index in [-0.39, 0.29) is 35.3 Å². The molecule has 0 bridgehead atoms. The number of hydrogen-bond donors (Lipinski definition) is 2. The normalized spacial score (nSPS) is 16.1. The zero-order valence-corrected chi connectivity index (χ0v) is 18.7. The number of morpholine rings is 1. The molecule has 1 aliphatic rings. The van der Waals surface area contributed by atoms with Crippen molar-refractivity contribution in [3.8, 4) is 0 Å². The summed E-state index contributed by atoms with van der Waals surface area (Å²) in [6.07, 6.45) is 0.499. The Kier molecular flexibility index (Phi) is 10.1. The lowest BCUT2D eigenvalue weighted by Crippen LogP contribution is -2.56. The summed E-state index contributed by atoms with van der Waals surface area (Å²) in [5.41, 5.74) is 0.525. The van der Waals surface area contributed by atoms with Crippen LogP contribution in [0.3, 0.4) is 0 Å². The summed E-state index contributed by atoms with van der Waals surface area (Å²) in [6, 6.07) is 4.75.